The van der Waals surface area contributed by atoms with Gasteiger partial charge < -0.3 is 20.0 Å². The number of nitrogens with zero attached hydrogens (tertiary/aromatic N) is 4. The third-order valence-electron chi connectivity index (χ3n) is 4.90. The first-order chi connectivity index (χ1) is 13.2. The second kappa shape index (κ2) is 7.59. The van der Waals surface area contributed by atoms with Crippen LogP contribution in [0.1, 0.15) is 37.3 Å². The van der Waals surface area contributed by atoms with E-state index in [2.05, 4.69) is 14.9 Å². The molecule has 0 saturated carbocycles. The first-order valence-corrected chi connectivity index (χ1v) is 9.74. The minimum atomic E-state index is -0.469. The van der Waals surface area contributed by atoms with Crippen LogP contribution in [0.5, 0.6) is 0 Å². The van der Waals surface area contributed by atoms with E-state index in [1.165, 1.54) is 22.1 Å². The van der Waals surface area contributed by atoms with Gasteiger partial charge in [0.2, 0.25) is 0 Å². The Hall–Kier alpha value is -2.94. The van der Waals surface area contributed by atoms with Crippen molar-refractivity contribution in [2.24, 2.45) is 0 Å². The van der Waals surface area contributed by atoms with E-state index in [1.807, 2.05) is 39.8 Å². The molecule has 3 heterocycles. The van der Waals surface area contributed by atoms with Crippen molar-refractivity contribution >= 4 is 23.1 Å². The van der Waals surface area contributed by atoms with Gasteiger partial charge in [-0.15, -0.1) is 11.3 Å². The number of aromatic nitrogens is 3. The summed E-state index contributed by atoms with van der Waals surface area (Å²) in [6.07, 6.45) is 1.23. The highest BCUT2D eigenvalue weighted by atomic mass is 32.1. The maximum atomic E-state index is 12.9. The summed E-state index contributed by atoms with van der Waals surface area (Å²) in [6, 6.07) is 4.06. The lowest BCUT2D eigenvalue weighted by Gasteiger charge is -2.12. The van der Waals surface area contributed by atoms with E-state index in [1.54, 1.807) is 6.92 Å². The molecule has 0 bridgehead atoms. The molecule has 3 aromatic rings. The van der Waals surface area contributed by atoms with Gasteiger partial charge >= 0.3 is 5.82 Å². The normalized spacial score (nSPS) is 11.0. The average molecular weight is 401 g/mol. The Bertz CT molecular complexity index is 1040. The summed E-state index contributed by atoms with van der Waals surface area (Å²) in [6.45, 7) is 10.3. The molecule has 1 amide bonds. The van der Waals surface area contributed by atoms with Crippen molar-refractivity contribution in [3.63, 3.8) is 0 Å². The number of imidazole rings is 1. The van der Waals surface area contributed by atoms with Gasteiger partial charge in [0.1, 0.15) is 17.6 Å². The summed E-state index contributed by atoms with van der Waals surface area (Å²) in [5.41, 5.74) is 4.12. The Morgan fingerprint density at radius 3 is 2.46 bits per heavy atom. The Morgan fingerprint density at radius 2 is 1.86 bits per heavy atom. The molecule has 0 unspecified atom stereocenters. The molecule has 0 aliphatic carbocycles. The molecule has 28 heavy (non-hydrogen) atoms. The molecule has 1 N–H and O–H groups in total. The van der Waals surface area contributed by atoms with Crippen molar-refractivity contribution < 1.29 is 9.72 Å². The van der Waals surface area contributed by atoms with E-state index >= 15 is 0 Å². The Kier molecular flexibility index (Phi) is 5.37. The number of carbonyl (C=O) groups excluding carboxylic acids is 1. The van der Waals surface area contributed by atoms with Gasteiger partial charge in [-0.25, -0.2) is 9.55 Å². The maximum absolute atomic E-state index is 12.9. The standard InChI is InChI=1S/C19H23N5O3S/c1-11-6-7-12(2)23(11)17-13(3)14(4)28-18(17)19(25)20-8-9-22-15(5)21-10-16(22)24(26)27/h6-7,10H,8-9H2,1-5H3,(H,20,25). The number of nitrogens with one attached hydrogen (secondary N) is 1. The van der Waals surface area contributed by atoms with Gasteiger partial charge in [0.25, 0.3) is 5.91 Å². The van der Waals surface area contributed by atoms with Gasteiger partial charge in [-0.05, 0) is 50.3 Å². The van der Waals surface area contributed by atoms with Crippen LogP contribution < -0.4 is 5.32 Å². The van der Waals surface area contributed by atoms with Crippen molar-refractivity contribution in [2.45, 2.75) is 41.2 Å². The minimum absolute atomic E-state index is 0.0751. The third kappa shape index (κ3) is 3.45. The predicted octanol–water partition coefficient (Wildman–Crippen LogP) is 3.62. The second-order valence-electron chi connectivity index (χ2n) is 6.74. The van der Waals surface area contributed by atoms with Gasteiger partial charge in [-0.1, -0.05) is 0 Å². The molecule has 8 nitrogen and oxygen atoms in total. The average Bonchev–Trinajstić information content (AvgIpc) is 3.26. The minimum Gasteiger partial charge on any atom is -0.358 e. The molecular formula is C19H23N5O3S. The number of nitro groups is 1. The van der Waals surface area contributed by atoms with Crippen LogP contribution in [0.2, 0.25) is 0 Å². The lowest BCUT2D eigenvalue weighted by molar-refractivity contribution is -0.392. The molecular weight excluding hydrogens is 378 g/mol. The first-order valence-electron chi connectivity index (χ1n) is 8.92. The molecule has 0 spiro atoms. The van der Waals surface area contributed by atoms with Crippen LogP contribution >= 0.6 is 11.3 Å². The molecule has 0 aliphatic rings. The number of aryl methyl sites for hydroxylation is 4. The van der Waals surface area contributed by atoms with Crippen LogP contribution in [-0.2, 0) is 6.54 Å². The molecule has 0 fully saturated rings. The summed E-state index contributed by atoms with van der Waals surface area (Å²) in [7, 11) is 0. The Morgan fingerprint density at radius 1 is 1.21 bits per heavy atom. The lowest BCUT2D eigenvalue weighted by atomic mass is 10.2. The number of amides is 1. The fourth-order valence-corrected chi connectivity index (χ4v) is 4.36. The fourth-order valence-electron chi connectivity index (χ4n) is 3.30. The molecule has 0 aliphatic heterocycles. The Balaban J connectivity index is 1.82. The third-order valence-corrected chi connectivity index (χ3v) is 6.09. The zero-order valence-electron chi connectivity index (χ0n) is 16.6. The molecule has 0 saturated heterocycles. The lowest BCUT2D eigenvalue weighted by Crippen LogP contribution is -2.28. The van der Waals surface area contributed by atoms with E-state index in [-0.39, 0.29) is 24.8 Å². The predicted molar refractivity (Wildman–Crippen MR) is 109 cm³/mol. The van der Waals surface area contributed by atoms with E-state index in [9.17, 15) is 14.9 Å². The van der Waals surface area contributed by atoms with Crippen LogP contribution in [0.3, 0.4) is 0 Å². The molecule has 148 valence electrons. The van der Waals surface area contributed by atoms with Gasteiger partial charge in [0, 0.05) is 23.2 Å². The molecule has 9 heteroatoms. The van der Waals surface area contributed by atoms with Crippen molar-refractivity contribution in [1.29, 1.82) is 0 Å². The van der Waals surface area contributed by atoms with E-state index in [4.69, 9.17) is 0 Å². The first kappa shape index (κ1) is 19.8. The summed E-state index contributed by atoms with van der Waals surface area (Å²) in [4.78, 5) is 29.3. The quantitative estimate of drug-likeness (QED) is 0.504. The monoisotopic (exact) mass is 401 g/mol. The van der Waals surface area contributed by atoms with Gasteiger partial charge in [-0.3, -0.25) is 4.79 Å². The highest BCUT2D eigenvalue weighted by molar-refractivity contribution is 7.14. The molecule has 3 rings (SSSR count). The summed E-state index contributed by atoms with van der Waals surface area (Å²) < 4.78 is 3.59. The van der Waals surface area contributed by atoms with Crippen LogP contribution in [0.15, 0.2) is 18.3 Å². The van der Waals surface area contributed by atoms with E-state index < -0.39 is 4.92 Å². The molecule has 0 radical (unpaired) electrons. The van der Waals surface area contributed by atoms with E-state index in [0.29, 0.717) is 10.7 Å². The highest BCUT2D eigenvalue weighted by Gasteiger charge is 2.23. The Labute approximate surface area is 167 Å². The van der Waals surface area contributed by atoms with Crippen LogP contribution in [0, 0.1) is 44.7 Å². The second-order valence-corrected chi connectivity index (χ2v) is 7.97. The largest absolute Gasteiger partial charge is 0.358 e. The summed E-state index contributed by atoms with van der Waals surface area (Å²) >= 11 is 1.46. The van der Waals surface area contributed by atoms with Gasteiger partial charge in [-0.2, -0.15) is 0 Å². The zero-order chi connectivity index (χ0) is 20.6. The van der Waals surface area contributed by atoms with E-state index in [0.717, 1.165) is 27.5 Å². The highest BCUT2D eigenvalue weighted by Crippen LogP contribution is 2.33. The molecule has 0 atom stereocenters. The number of carbonyl (C=O) groups is 1. The summed E-state index contributed by atoms with van der Waals surface area (Å²) in [5, 5.41) is 14.0. The van der Waals surface area contributed by atoms with Crippen molar-refractivity contribution in [3.8, 4) is 5.69 Å². The van der Waals surface area contributed by atoms with Crippen molar-refractivity contribution in [2.75, 3.05) is 6.54 Å². The van der Waals surface area contributed by atoms with Crippen LogP contribution in [-0.4, -0.2) is 31.5 Å². The maximum Gasteiger partial charge on any atom is 0.342 e. The van der Waals surface area contributed by atoms with Gasteiger partial charge in [0.15, 0.2) is 5.82 Å². The van der Waals surface area contributed by atoms with Crippen molar-refractivity contribution in [1.82, 2.24) is 19.4 Å². The zero-order valence-corrected chi connectivity index (χ0v) is 17.4. The number of hydrogen-bond acceptors (Lipinski definition) is 5. The topological polar surface area (TPSA) is 95.0 Å². The van der Waals surface area contributed by atoms with Gasteiger partial charge in [0.05, 0.1) is 12.2 Å². The fraction of sp³-hybridized carbons (Fsp3) is 0.368. The molecule has 0 aromatic carbocycles. The molecule has 3 aromatic heterocycles. The smallest absolute Gasteiger partial charge is 0.342 e. The van der Waals surface area contributed by atoms with Crippen molar-refractivity contribution in [3.05, 3.63) is 61.0 Å². The summed E-state index contributed by atoms with van der Waals surface area (Å²) in [5.74, 6) is 0.293. The van der Waals surface area contributed by atoms with Crippen LogP contribution in [0.4, 0.5) is 5.82 Å². The number of hydrogen-bond donors (Lipinski definition) is 1. The number of rotatable bonds is 6. The van der Waals surface area contributed by atoms with Crippen LogP contribution in [0.25, 0.3) is 5.69 Å². The number of thiophene rings is 1. The SMILES string of the molecule is Cc1sc(C(=O)NCCn2c([N+](=O)[O-])cnc2C)c(-n2c(C)ccc2C)c1C.